The second-order valence-corrected chi connectivity index (χ2v) is 16.3. The molecule has 1 aromatic heterocycles. The number of hydrogen-bond acceptors (Lipinski definition) is 1. The Labute approximate surface area is 356 Å². The third-order valence-electron chi connectivity index (χ3n) is 13.1. The Hall–Kier alpha value is -7.68. The zero-order valence-corrected chi connectivity index (χ0v) is 33.7. The minimum Gasteiger partial charge on any atom is -0.310 e. The minimum absolute atomic E-state index is 0.494. The van der Waals surface area contributed by atoms with Crippen LogP contribution in [0, 0.1) is 0 Å². The fourth-order valence-corrected chi connectivity index (χ4v) is 10.5. The van der Waals surface area contributed by atoms with Crippen LogP contribution in [-0.4, -0.2) is 4.57 Å². The summed E-state index contributed by atoms with van der Waals surface area (Å²) in [5, 5.41) is 3.76. The van der Waals surface area contributed by atoms with Gasteiger partial charge in [0.1, 0.15) is 0 Å². The van der Waals surface area contributed by atoms with E-state index in [2.05, 4.69) is 240 Å². The Morgan fingerprint density at radius 2 is 1.10 bits per heavy atom. The molecule has 1 heterocycles. The molecule has 0 spiro atoms. The van der Waals surface area contributed by atoms with E-state index in [0.29, 0.717) is 0 Å². The molecule has 61 heavy (non-hydrogen) atoms. The number of anilines is 3. The molecular formula is C59H42N2. The lowest BCUT2D eigenvalue weighted by Crippen LogP contribution is -2.28. The Morgan fingerprint density at radius 3 is 1.89 bits per heavy atom. The molecule has 0 atom stereocenters. The Bertz CT molecular complexity index is 3240. The van der Waals surface area contributed by atoms with E-state index < -0.39 is 5.41 Å². The van der Waals surface area contributed by atoms with Crippen molar-refractivity contribution in [2.75, 3.05) is 4.90 Å². The molecule has 288 valence electrons. The predicted octanol–water partition coefficient (Wildman–Crippen LogP) is 15.2. The van der Waals surface area contributed by atoms with Crippen molar-refractivity contribution >= 4 is 44.8 Å². The quantitative estimate of drug-likeness (QED) is 0.156. The third kappa shape index (κ3) is 5.49. The lowest BCUT2D eigenvalue weighted by molar-refractivity contribution is 0.768. The molecule has 0 N–H and O–H groups in total. The first-order valence-corrected chi connectivity index (χ1v) is 21.4. The molecule has 12 rings (SSSR count). The molecule has 0 saturated heterocycles. The average Bonchev–Trinajstić information content (AvgIpc) is 3.83. The third-order valence-corrected chi connectivity index (χ3v) is 13.1. The molecule has 0 amide bonds. The fraction of sp³-hybridized carbons (Fsp3) is 0.0508. The fourth-order valence-electron chi connectivity index (χ4n) is 10.5. The van der Waals surface area contributed by atoms with Gasteiger partial charge in [0, 0.05) is 33.5 Å². The van der Waals surface area contributed by atoms with Crippen LogP contribution in [0.3, 0.4) is 0 Å². The highest BCUT2D eigenvalue weighted by atomic mass is 15.1. The molecule has 0 radical (unpaired) electrons. The standard InChI is InChI=1S/C59H42N2/c1-4-19-44(20-5-1)59(45-21-6-2-7-22-45)54-28-14-12-26-50(54)51-37-36-48(40-55(51)59)60(56-30-16-18-42-17-10-11-25-49(42)56)47-34-31-41(32-35-47)43-33-38-58-53(39-43)52-27-13-15-29-57(52)61(58)46-23-8-3-9-24-46/h1-12,14-26,28-40H,13,27H2. The van der Waals surface area contributed by atoms with Crippen LogP contribution in [0.5, 0.6) is 0 Å². The second-order valence-electron chi connectivity index (χ2n) is 16.3. The molecular weight excluding hydrogens is 737 g/mol. The molecule has 0 bridgehead atoms. The van der Waals surface area contributed by atoms with Gasteiger partial charge in [-0.05, 0) is 129 Å². The number of nitrogens with zero attached hydrogens (tertiary/aromatic N) is 2. The van der Waals surface area contributed by atoms with E-state index in [-0.39, 0.29) is 0 Å². The zero-order valence-electron chi connectivity index (χ0n) is 33.7. The monoisotopic (exact) mass is 778 g/mol. The van der Waals surface area contributed by atoms with Crippen LogP contribution in [0.4, 0.5) is 17.1 Å². The summed E-state index contributed by atoms with van der Waals surface area (Å²) in [4.78, 5) is 2.46. The van der Waals surface area contributed by atoms with Gasteiger partial charge in [-0.2, -0.15) is 0 Å². The van der Waals surface area contributed by atoms with Crippen molar-refractivity contribution in [3.63, 3.8) is 0 Å². The van der Waals surface area contributed by atoms with Crippen molar-refractivity contribution in [3.05, 3.63) is 258 Å². The summed E-state index contributed by atoms with van der Waals surface area (Å²) >= 11 is 0. The molecule has 2 aliphatic rings. The summed E-state index contributed by atoms with van der Waals surface area (Å²) in [6.07, 6.45) is 6.73. The molecule has 0 unspecified atom stereocenters. The molecule has 0 saturated carbocycles. The van der Waals surface area contributed by atoms with Crippen LogP contribution in [0.25, 0.3) is 55.7 Å². The average molecular weight is 779 g/mol. The highest BCUT2D eigenvalue weighted by molar-refractivity contribution is 6.00. The van der Waals surface area contributed by atoms with E-state index in [1.165, 1.54) is 83.1 Å². The van der Waals surface area contributed by atoms with Crippen molar-refractivity contribution in [1.82, 2.24) is 4.57 Å². The van der Waals surface area contributed by atoms with Crippen molar-refractivity contribution < 1.29 is 0 Å². The van der Waals surface area contributed by atoms with E-state index in [0.717, 1.165) is 29.9 Å². The zero-order chi connectivity index (χ0) is 40.3. The summed E-state index contributed by atoms with van der Waals surface area (Å²) in [7, 11) is 0. The Morgan fingerprint density at radius 1 is 0.459 bits per heavy atom. The smallest absolute Gasteiger partial charge is 0.0714 e. The number of rotatable bonds is 7. The Kier molecular flexibility index (Phi) is 8.24. The number of aromatic nitrogens is 1. The van der Waals surface area contributed by atoms with Crippen LogP contribution in [-0.2, 0) is 11.8 Å². The first-order valence-electron chi connectivity index (χ1n) is 21.4. The van der Waals surface area contributed by atoms with Crippen molar-refractivity contribution in [1.29, 1.82) is 0 Å². The molecule has 0 aliphatic heterocycles. The molecule has 0 fully saturated rings. The highest BCUT2D eigenvalue weighted by Crippen LogP contribution is 2.57. The van der Waals surface area contributed by atoms with E-state index in [1.54, 1.807) is 0 Å². The maximum atomic E-state index is 2.47. The van der Waals surface area contributed by atoms with E-state index in [1.807, 2.05) is 0 Å². The van der Waals surface area contributed by atoms with Gasteiger partial charge in [0.15, 0.2) is 0 Å². The minimum atomic E-state index is -0.494. The van der Waals surface area contributed by atoms with Crippen molar-refractivity contribution in [2.24, 2.45) is 0 Å². The summed E-state index contributed by atoms with van der Waals surface area (Å²) in [6.45, 7) is 0. The van der Waals surface area contributed by atoms with E-state index >= 15 is 0 Å². The number of benzene rings is 9. The van der Waals surface area contributed by atoms with E-state index in [4.69, 9.17) is 0 Å². The molecule has 9 aromatic carbocycles. The topological polar surface area (TPSA) is 8.17 Å². The molecule has 2 nitrogen and oxygen atoms in total. The lowest BCUT2D eigenvalue weighted by Gasteiger charge is -2.35. The van der Waals surface area contributed by atoms with Crippen LogP contribution >= 0.6 is 0 Å². The van der Waals surface area contributed by atoms with Gasteiger partial charge in [-0.25, -0.2) is 0 Å². The van der Waals surface area contributed by atoms with Gasteiger partial charge in [-0.1, -0.05) is 170 Å². The maximum Gasteiger partial charge on any atom is 0.0714 e. The second kappa shape index (κ2) is 14.3. The first kappa shape index (κ1) is 35.3. The number of fused-ring (bicyclic) bond motifs is 7. The number of para-hydroxylation sites is 1. The van der Waals surface area contributed by atoms with Crippen LogP contribution in [0.2, 0.25) is 0 Å². The van der Waals surface area contributed by atoms with Gasteiger partial charge in [-0.3, -0.25) is 0 Å². The van der Waals surface area contributed by atoms with Gasteiger partial charge in [0.2, 0.25) is 0 Å². The summed E-state index contributed by atoms with van der Waals surface area (Å²) in [5.41, 5.74) is 18.2. The molecule has 10 aromatic rings. The number of aryl methyl sites for hydroxylation is 1. The lowest BCUT2D eigenvalue weighted by atomic mass is 9.67. The molecule has 2 heteroatoms. The van der Waals surface area contributed by atoms with Gasteiger partial charge >= 0.3 is 0 Å². The first-order chi connectivity index (χ1) is 30.3. The normalized spacial score (nSPS) is 13.5. The number of allylic oxidation sites excluding steroid dienone is 1. The Balaban J connectivity index is 1.03. The van der Waals surface area contributed by atoms with Gasteiger partial charge in [-0.15, -0.1) is 0 Å². The highest BCUT2D eigenvalue weighted by Gasteiger charge is 2.46. The van der Waals surface area contributed by atoms with Crippen LogP contribution < -0.4 is 4.90 Å². The predicted molar refractivity (Wildman–Crippen MR) is 256 cm³/mol. The molecule has 2 aliphatic carbocycles. The van der Waals surface area contributed by atoms with Crippen molar-refractivity contribution in [2.45, 2.75) is 18.3 Å². The van der Waals surface area contributed by atoms with Crippen LogP contribution in [0.1, 0.15) is 39.9 Å². The summed E-state index contributed by atoms with van der Waals surface area (Å²) < 4.78 is 2.43. The van der Waals surface area contributed by atoms with Gasteiger partial charge in [0.25, 0.3) is 0 Å². The van der Waals surface area contributed by atoms with Gasteiger partial charge < -0.3 is 9.47 Å². The van der Waals surface area contributed by atoms with Crippen molar-refractivity contribution in [3.8, 4) is 27.9 Å². The number of hydrogen-bond donors (Lipinski definition) is 0. The SMILES string of the molecule is C1=Cc2c(c3cc(-c4ccc(N(c5ccc6c(c5)C(c5ccccc5)(c5ccccc5)c5ccccc5-6)c5cccc6ccccc56)cc4)ccc3n2-c2ccccc2)CC1. The maximum absolute atomic E-state index is 2.47. The van der Waals surface area contributed by atoms with Gasteiger partial charge in [0.05, 0.1) is 16.6 Å². The van der Waals surface area contributed by atoms with E-state index in [9.17, 15) is 0 Å². The summed E-state index contributed by atoms with van der Waals surface area (Å²) in [5.74, 6) is 0. The summed E-state index contributed by atoms with van der Waals surface area (Å²) in [6, 6.07) is 80.7. The van der Waals surface area contributed by atoms with Crippen LogP contribution in [0.15, 0.2) is 224 Å². The largest absolute Gasteiger partial charge is 0.310 e.